The average molecular weight is 273 g/mol. The first-order chi connectivity index (χ1) is 8.40. The lowest BCUT2D eigenvalue weighted by molar-refractivity contribution is -0.114. The summed E-state index contributed by atoms with van der Waals surface area (Å²) in [6.07, 6.45) is 0. The largest absolute Gasteiger partial charge is 0.495 e. The second kappa shape index (κ2) is 5.83. The summed E-state index contributed by atoms with van der Waals surface area (Å²) in [7, 11) is -2.29. The maximum absolute atomic E-state index is 11.9. The van der Waals surface area contributed by atoms with Crippen LogP contribution in [0.1, 0.15) is 6.92 Å². The first-order valence-corrected chi connectivity index (χ1v) is 6.85. The summed E-state index contributed by atoms with van der Waals surface area (Å²) in [4.78, 5) is 10.9. The Labute approximate surface area is 106 Å². The topological polar surface area (TPSA) is 92.7 Å². The van der Waals surface area contributed by atoms with Crippen molar-refractivity contribution in [3.8, 4) is 5.75 Å². The smallest absolute Gasteiger partial charge is 0.221 e. The number of anilines is 1. The fourth-order valence-corrected chi connectivity index (χ4v) is 2.66. The number of rotatable bonds is 5. The molecule has 1 aromatic carbocycles. The Hall–Kier alpha value is -1.60. The van der Waals surface area contributed by atoms with Crippen LogP contribution in [-0.2, 0) is 14.6 Å². The number of carbonyl (C=O) groups is 1. The van der Waals surface area contributed by atoms with Crippen LogP contribution in [0.2, 0.25) is 0 Å². The second-order valence-electron chi connectivity index (χ2n) is 3.59. The van der Waals surface area contributed by atoms with E-state index in [0.717, 1.165) is 0 Å². The zero-order valence-corrected chi connectivity index (χ0v) is 11.0. The van der Waals surface area contributed by atoms with Gasteiger partial charge < -0.3 is 15.2 Å². The molecule has 0 aliphatic heterocycles. The van der Waals surface area contributed by atoms with Gasteiger partial charge in [-0.2, -0.15) is 0 Å². The molecule has 0 aliphatic rings. The van der Waals surface area contributed by atoms with Crippen LogP contribution in [0.3, 0.4) is 0 Å². The van der Waals surface area contributed by atoms with Gasteiger partial charge in [-0.25, -0.2) is 8.42 Å². The summed E-state index contributed by atoms with van der Waals surface area (Å²) in [5.41, 5.74) is 0.361. The van der Waals surface area contributed by atoms with Crippen molar-refractivity contribution in [2.75, 3.05) is 24.8 Å². The van der Waals surface area contributed by atoms with E-state index in [-0.39, 0.29) is 16.6 Å². The van der Waals surface area contributed by atoms with Gasteiger partial charge in [0.25, 0.3) is 0 Å². The van der Waals surface area contributed by atoms with Crippen molar-refractivity contribution in [3.63, 3.8) is 0 Å². The summed E-state index contributed by atoms with van der Waals surface area (Å²) < 4.78 is 28.8. The van der Waals surface area contributed by atoms with E-state index in [0.29, 0.717) is 5.69 Å². The summed E-state index contributed by atoms with van der Waals surface area (Å²) in [5.74, 6) is -0.518. The number of methoxy groups -OCH3 is 1. The van der Waals surface area contributed by atoms with Crippen LogP contribution in [0, 0.1) is 0 Å². The Kier molecular flexibility index (Phi) is 4.69. The summed E-state index contributed by atoms with van der Waals surface area (Å²) in [5, 5.41) is 11.2. The van der Waals surface area contributed by atoms with E-state index in [1.165, 1.54) is 32.2 Å². The number of carbonyl (C=O) groups excluding carboxylic acids is 1. The Morgan fingerprint density at radius 3 is 2.61 bits per heavy atom. The fourth-order valence-electron chi connectivity index (χ4n) is 1.43. The quantitative estimate of drug-likeness (QED) is 0.811. The third-order valence-electron chi connectivity index (χ3n) is 2.18. The van der Waals surface area contributed by atoms with E-state index in [9.17, 15) is 13.2 Å². The minimum Gasteiger partial charge on any atom is -0.495 e. The van der Waals surface area contributed by atoms with Crippen LogP contribution in [0.5, 0.6) is 5.75 Å². The molecule has 18 heavy (non-hydrogen) atoms. The standard InChI is InChI=1S/C11H15NO5S/c1-8(14)12-9-3-4-10(17-2)11(7-9)18(15,16)6-5-13/h3-4,7,13H,5-6H2,1-2H3,(H,12,14). The molecule has 0 heterocycles. The van der Waals surface area contributed by atoms with E-state index < -0.39 is 22.2 Å². The number of nitrogens with one attached hydrogen (secondary N) is 1. The minimum atomic E-state index is -3.64. The highest BCUT2D eigenvalue weighted by atomic mass is 32.2. The van der Waals surface area contributed by atoms with Crippen LogP contribution in [-0.4, -0.2) is 38.9 Å². The molecule has 0 unspecified atom stereocenters. The molecule has 0 saturated heterocycles. The van der Waals surface area contributed by atoms with E-state index in [1.54, 1.807) is 0 Å². The van der Waals surface area contributed by atoms with Crippen molar-refractivity contribution < 1.29 is 23.1 Å². The SMILES string of the molecule is COc1ccc(NC(C)=O)cc1S(=O)(=O)CCO. The molecular formula is C11H15NO5S. The fraction of sp³-hybridized carbons (Fsp3) is 0.364. The number of hydrogen-bond acceptors (Lipinski definition) is 5. The summed E-state index contributed by atoms with van der Waals surface area (Å²) >= 11 is 0. The van der Waals surface area contributed by atoms with Gasteiger partial charge in [0.2, 0.25) is 5.91 Å². The number of ether oxygens (including phenoxy) is 1. The van der Waals surface area contributed by atoms with E-state index >= 15 is 0 Å². The molecule has 0 aromatic heterocycles. The summed E-state index contributed by atoms with van der Waals surface area (Å²) in [6.45, 7) is 0.849. The van der Waals surface area contributed by atoms with Gasteiger partial charge in [-0.05, 0) is 18.2 Å². The highest BCUT2D eigenvalue weighted by Crippen LogP contribution is 2.27. The van der Waals surface area contributed by atoms with E-state index in [4.69, 9.17) is 9.84 Å². The molecule has 6 nitrogen and oxygen atoms in total. The van der Waals surface area contributed by atoms with Crippen molar-refractivity contribution in [3.05, 3.63) is 18.2 Å². The Morgan fingerprint density at radius 2 is 2.11 bits per heavy atom. The number of amides is 1. The molecule has 0 spiro atoms. The van der Waals surface area contributed by atoms with Gasteiger partial charge in [-0.3, -0.25) is 4.79 Å². The minimum absolute atomic E-state index is 0.0506. The monoisotopic (exact) mass is 273 g/mol. The number of aliphatic hydroxyl groups excluding tert-OH is 1. The van der Waals surface area contributed by atoms with E-state index in [2.05, 4.69) is 5.32 Å². The zero-order valence-electron chi connectivity index (χ0n) is 10.1. The van der Waals surface area contributed by atoms with Crippen LogP contribution in [0.4, 0.5) is 5.69 Å². The summed E-state index contributed by atoms with van der Waals surface area (Å²) in [6, 6.07) is 4.30. The maximum Gasteiger partial charge on any atom is 0.221 e. The molecule has 2 N–H and O–H groups in total. The number of sulfone groups is 1. The van der Waals surface area contributed by atoms with Gasteiger partial charge in [-0.1, -0.05) is 0 Å². The first-order valence-electron chi connectivity index (χ1n) is 5.20. The Morgan fingerprint density at radius 1 is 1.44 bits per heavy atom. The first kappa shape index (κ1) is 14.5. The molecule has 0 radical (unpaired) electrons. The lowest BCUT2D eigenvalue weighted by atomic mass is 10.3. The molecule has 100 valence electrons. The lowest BCUT2D eigenvalue weighted by Gasteiger charge is -2.11. The van der Waals surface area contributed by atoms with Crippen molar-refractivity contribution in [1.82, 2.24) is 0 Å². The molecule has 1 aromatic rings. The molecule has 0 bridgehead atoms. The van der Waals surface area contributed by atoms with Crippen molar-refractivity contribution in [1.29, 1.82) is 0 Å². The van der Waals surface area contributed by atoms with E-state index in [1.807, 2.05) is 0 Å². The van der Waals surface area contributed by atoms with Gasteiger partial charge in [0.05, 0.1) is 19.5 Å². The van der Waals surface area contributed by atoms with Gasteiger partial charge in [-0.15, -0.1) is 0 Å². The van der Waals surface area contributed by atoms with Gasteiger partial charge in [0, 0.05) is 12.6 Å². The van der Waals surface area contributed by atoms with Crippen molar-refractivity contribution in [2.45, 2.75) is 11.8 Å². The molecule has 0 aliphatic carbocycles. The van der Waals surface area contributed by atoms with Gasteiger partial charge >= 0.3 is 0 Å². The second-order valence-corrected chi connectivity index (χ2v) is 5.67. The third-order valence-corrected chi connectivity index (χ3v) is 3.89. The number of benzene rings is 1. The van der Waals surface area contributed by atoms with Gasteiger partial charge in [0.15, 0.2) is 9.84 Å². The van der Waals surface area contributed by atoms with Crippen LogP contribution in [0.25, 0.3) is 0 Å². The van der Waals surface area contributed by atoms with Crippen LogP contribution in [0.15, 0.2) is 23.1 Å². The maximum atomic E-state index is 11.9. The highest BCUT2D eigenvalue weighted by Gasteiger charge is 2.19. The number of aliphatic hydroxyl groups is 1. The molecule has 0 fully saturated rings. The van der Waals surface area contributed by atoms with Crippen molar-refractivity contribution >= 4 is 21.4 Å². The molecular weight excluding hydrogens is 258 g/mol. The van der Waals surface area contributed by atoms with Gasteiger partial charge in [0.1, 0.15) is 10.6 Å². The molecule has 1 rings (SSSR count). The Bertz CT molecular complexity index is 538. The predicted octanol–water partition coefficient (Wildman–Crippen LogP) is 0.420. The molecule has 0 saturated carbocycles. The highest BCUT2D eigenvalue weighted by molar-refractivity contribution is 7.91. The lowest BCUT2D eigenvalue weighted by Crippen LogP contribution is -2.13. The third kappa shape index (κ3) is 3.44. The van der Waals surface area contributed by atoms with Crippen LogP contribution < -0.4 is 10.1 Å². The number of hydrogen-bond donors (Lipinski definition) is 2. The average Bonchev–Trinajstić information content (AvgIpc) is 2.28. The molecule has 7 heteroatoms. The van der Waals surface area contributed by atoms with Crippen molar-refractivity contribution in [2.24, 2.45) is 0 Å². The molecule has 0 atom stereocenters. The predicted molar refractivity (Wildman–Crippen MR) is 66.4 cm³/mol. The Balaban J connectivity index is 3.26. The van der Waals surface area contributed by atoms with Crippen LogP contribution >= 0.6 is 0 Å². The zero-order chi connectivity index (χ0) is 13.8. The normalized spacial score (nSPS) is 11.1. The molecule has 1 amide bonds.